The van der Waals surface area contributed by atoms with Crippen molar-refractivity contribution in [3.05, 3.63) is 70.8 Å². The average molecular weight is 308 g/mol. The van der Waals surface area contributed by atoms with Crippen molar-refractivity contribution in [2.45, 2.75) is 48.4 Å². The van der Waals surface area contributed by atoms with Crippen LogP contribution < -0.4 is 0 Å². The molecule has 0 aromatic heterocycles. The Morgan fingerprint density at radius 1 is 0.727 bits per heavy atom. The molecule has 3 aliphatic rings. The monoisotopic (exact) mass is 308 g/mol. The molecule has 1 aliphatic heterocycles. The molecule has 0 saturated carbocycles. The van der Waals surface area contributed by atoms with Gasteiger partial charge in [0.25, 0.3) is 0 Å². The molecule has 2 aliphatic carbocycles. The van der Waals surface area contributed by atoms with Crippen molar-refractivity contribution >= 4 is 11.8 Å². The van der Waals surface area contributed by atoms with Crippen LogP contribution in [0, 0.1) is 0 Å². The summed E-state index contributed by atoms with van der Waals surface area (Å²) in [5.74, 6) is 0. The molecule has 112 valence electrons. The Labute approximate surface area is 136 Å². The number of benzene rings is 2. The number of aryl methyl sites for hydroxylation is 2. The van der Waals surface area contributed by atoms with Gasteiger partial charge in [0.2, 0.25) is 0 Å². The van der Waals surface area contributed by atoms with E-state index in [1.165, 1.54) is 47.9 Å². The van der Waals surface area contributed by atoms with Crippen LogP contribution in [0.1, 0.15) is 47.3 Å². The van der Waals surface area contributed by atoms with Crippen LogP contribution in [-0.4, -0.2) is 10.5 Å². The van der Waals surface area contributed by atoms with Crippen LogP contribution >= 0.6 is 11.8 Å². The molecule has 0 spiro atoms. The van der Waals surface area contributed by atoms with E-state index in [0.717, 1.165) is 0 Å². The molecule has 1 heterocycles. The Morgan fingerprint density at radius 2 is 1.23 bits per heavy atom. The fraction of sp³-hybridized carbons (Fsp3) is 0.400. The number of ether oxygens (including phenoxy) is 1. The second-order valence-electron chi connectivity index (χ2n) is 6.67. The van der Waals surface area contributed by atoms with Gasteiger partial charge in [0.15, 0.2) is 0 Å². The SMILES string of the molecule is c1ccc2c(c1)CC[C@H]1S[C@@H]3CCc4ccccc4[C@@H]3O[C@@H]21. The normalized spacial score (nSPS) is 32.4. The minimum absolute atomic E-state index is 0.280. The van der Waals surface area contributed by atoms with E-state index in [-0.39, 0.29) is 12.2 Å². The molecule has 0 radical (unpaired) electrons. The number of hydrogen-bond donors (Lipinski definition) is 0. The summed E-state index contributed by atoms with van der Waals surface area (Å²) in [4.78, 5) is 0. The Morgan fingerprint density at radius 3 is 1.77 bits per heavy atom. The Bertz CT molecular complexity index is 651. The summed E-state index contributed by atoms with van der Waals surface area (Å²) in [5.41, 5.74) is 5.86. The summed E-state index contributed by atoms with van der Waals surface area (Å²) < 4.78 is 6.73. The van der Waals surface area contributed by atoms with E-state index in [9.17, 15) is 0 Å². The first-order chi connectivity index (χ1) is 10.9. The second kappa shape index (κ2) is 5.14. The Kier molecular flexibility index (Phi) is 3.09. The molecule has 0 N–H and O–H groups in total. The average Bonchev–Trinajstić information content (AvgIpc) is 2.60. The third-order valence-corrected chi connectivity index (χ3v) is 7.10. The van der Waals surface area contributed by atoms with E-state index in [1.807, 2.05) is 0 Å². The summed E-state index contributed by atoms with van der Waals surface area (Å²) >= 11 is 2.20. The molecule has 5 rings (SSSR count). The van der Waals surface area contributed by atoms with E-state index in [2.05, 4.69) is 60.3 Å². The molecule has 1 fully saturated rings. The molecule has 1 nitrogen and oxygen atoms in total. The predicted octanol–water partition coefficient (Wildman–Crippen LogP) is 4.86. The number of hydrogen-bond acceptors (Lipinski definition) is 2. The summed E-state index contributed by atoms with van der Waals surface area (Å²) in [6.07, 6.45) is 5.50. The summed E-state index contributed by atoms with van der Waals surface area (Å²) in [6, 6.07) is 17.8. The van der Waals surface area contributed by atoms with Crippen molar-refractivity contribution in [2.75, 3.05) is 0 Å². The molecule has 2 heteroatoms. The summed E-state index contributed by atoms with van der Waals surface area (Å²) in [5, 5.41) is 1.28. The van der Waals surface area contributed by atoms with Crippen molar-refractivity contribution in [3.63, 3.8) is 0 Å². The zero-order valence-corrected chi connectivity index (χ0v) is 13.4. The fourth-order valence-corrected chi connectivity index (χ4v) is 6.02. The Balaban J connectivity index is 1.54. The van der Waals surface area contributed by atoms with Crippen molar-refractivity contribution in [3.8, 4) is 0 Å². The molecule has 2 aromatic carbocycles. The van der Waals surface area contributed by atoms with Crippen LogP contribution in [0.15, 0.2) is 48.5 Å². The first kappa shape index (κ1) is 13.2. The van der Waals surface area contributed by atoms with Crippen molar-refractivity contribution in [2.24, 2.45) is 0 Å². The highest BCUT2D eigenvalue weighted by atomic mass is 32.2. The molecule has 22 heavy (non-hydrogen) atoms. The van der Waals surface area contributed by atoms with Gasteiger partial charge >= 0.3 is 0 Å². The van der Waals surface area contributed by atoms with Crippen LogP contribution in [0.4, 0.5) is 0 Å². The lowest BCUT2D eigenvalue weighted by molar-refractivity contribution is -0.0348. The minimum atomic E-state index is 0.280. The lowest BCUT2D eigenvalue weighted by atomic mass is 9.86. The number of fused-ring (bicyclic) bond motifs is 6. The van der Waals surface area contributed by atoms with Crippen LogP contribution in [0.3, 0.4) is 0 Å². The second-order valence-corrected chi connectivity index (χ2v) is 8.15. The van der Waals surface area contributed by atoms with Crippen molar-refractivity contribution < 1.29 is 4.74 Å². The van der Waals surface area contributed by atoms with E-state index in [4.69, 9.17) is 4.74 Å². The maximum atomic E-state index is 6.73. The van der Waals surface area contributed by atoms with Crippen molar-refractivity contribution in [1.82, 2.24) is 0 Å². The lowest BCUT2D eigenvalue weighted by Gasteiger charge is -2.46. The standard InChI is InChI=1S/C20H20OS/c1-3-7-15-13(5-1)9-11-17-19(15)21-20-16-8-4-2-6-14(16)10-12-18(20)22-17/h1-8,17-20H,9-12H2/t17-,18-,19+,20+/m1/s1. The maximum Gasteiger partial charge on any atom is 0.0955 e. The fourth-order valence-electron chi connectivity index (χ4n) is 4.36. The van der Waals surface area contributed by atoms with Gasteiger partial charge in [-0.25, -0.2) is 0 Å². The van der Waals surface area contributed by atoms with E-state index in [0.29, 0.717) is 10.5 Å². The van der Waals surface area contributed by atoms with Gasteiger partial charge in [0, 0.05) is 10.5 Å². The predicted molar refractivity (Wildman–Crippen MR) is 91.3 cm³/mol. The first-order valence-electron chi connectivity index (χ1n) is 8.37. The van der Waals surface area contributed by atoms with Gasteiger partial charge < -0.3 is 4.74 Å². The van der Waals surface area contributed by atoms with Crippen LogP contribution in [0.2, 0.25) is 0 Å². The first-order valence-corrected chi connectivity index (χ1v) is 9.31. The molecule has 4 atom stereocenters. The van der Waals surface area contributed by atoms with Gasteiger partial charge in [0.1, 0.15) is 0 Å². The van der Waals surface area contributed by atoms with E-state index < -0.39 is 0 Å². The molecule has 0 unspecified atom stereocenters. The topological polar surface area (TPSA) is 9.23 Å². The van der Waals surface area contributed by atoms with Gasteiger partial charge in [0.05, 0.1) is 12.2 Å². The smallest absolute Gasteiger partial charge is 0.0955 e. The van der Waals surface area contributed by atoms with Crippen LogP contribution in [-0.2, 0) is 17.6 Å². The van der Waals surface area contributed by atoms with Gasteiger partial charge in [-0.15, -0.1) is 11.8 Å². The molecule has 0 amide bonds. The molecule has 0 bridgehead atoms. The highest BCUT2D eigenvalue weighted by molar-refractivity contribution is 8.00. The lowest BCUT2D eigenvalue weighted by Crippen LogP contribution is -2.38. The van der Waals surface area contributed by atoms with Gasteiger partial charge in [-0.2, -0.15) is 0 Å². The highest BCUT2D eigenvalue weighted by Gasteiger charge is 2.43. The molecular formula is C20H20OS. The maximum absolute atomic E-state index is 6.73. The van der Waals surface area contributed by atoms with E-state index >= 15 is 0 Å². The van der Waals surface area contributed by atoms with Crippen LogP contribution in [0.5, 0.6) is 0 Å². The zero-order chi connectivity index (χ0) is 14.5. The van der Waals surface area contributed by atoms with E-state index in [1.54, 1.807) is 0 Å². The minimum Gasteiger partial charge on any atom is -0.363 e. The molecular weight excluding hydrogens is 288 g/mol. The molecule has 2 aromatic rings. The third-order valence-electron chi connectivity index (χ3n) is 5.44. The Hall–Kier alpha value is -1.25. The van der Waals surface area contributed by atoms with Crippen LogP contribution in [0.25, 0.3) is 0 Å². The highest BCUT2D eigenvalue weighted by Crippen LogP contribution is 2.53. The van der Waals surface area contributed by atoms with Gasteiger partial charge in [-0.05, 0) is 47.9 Å². The summed E-state index contributed by atoms with van der Waals surface area (Å²) in [7, 11) is 0. The third kappa shape index (κ3) is 1.97. The quantitative estimate of drug-likeness (QED) is 0.687. The zero-order valence-electron chi connectivity index (χ0n) is 12.6. The van der Waals surface area contributed by atoms with Gasteiger partial charge in [-0.1, -0.05) is 48.5 Å². The number of rotatable bonds is 0. The van der Waals surface area contributed by atoms with Crippen molar-refractivity contribution in [1.29, 1.82) is 0 Å². The summed E-state index contributed by atoms with van der Waals surface area (Å²) in [6.45, 7) is 0. The number of thioether (sulfide) groups is 1. The largest absolute Gasteiger partial charge is 0.363 e. The van der Waals surface area contributed by atoms with Gasteiger partial charge in [-0.3, -0.25) is 0 Å². The molecule has 1 saturated heterocycles.